The number of carbonyl (C=O) groups excluding carboxylic acids is 1. The molecule has 0 spiro atoms. The zero-order valence-electron chi connectivity index (χ0n) is 13.9. The van der Waals surface area contributed by atoms with Crippen molar-refractivity contribution in [2.75, 3.05) is 31.1 Å². The van der Waals surface area contributed by atoms with Gasteiger partial charge in [-0.15, -0.1) is 10.2 Å². The lowest BCUT2D eigenvalue weighted by Gasteiger charge is -2.20. The Hall–Kier alpha value is -2.17. The van der Waals surface area contributed by atoms with Gasteiger partial charge in [0.15, 0.2) is 5.69 Å². The van der Waals surface area contributed by atoms with E-state index in [4.69, 9.17) is 0 Å². The van der Waals surface area contributed by atoms with Crippen molar-refractivity contribution in [1.82, 2.24) is 24.9 Å². The molecule has 7 nitrogen and oxygen atoms in total. The molecule has 0 unspecified atom stereocenters. The Morgan fingerprint density at radius 2 is 1.92 bits per heavy atom. The van der Waals surface area contributed by atoms with Gasteiger partial charge in [0.25, 0.3) is 5.91 Å². The summed E-state index contributed by atoms with van der Waals surface area (Å²) in [6.07, 6.45) is -1.84. The van der Waals surface area contributed by atoms with Gasteiger partial charge in [-0.25, -0.2) is 0 Å². The summed E-state index contributed by atoms with van der Waals surface area (Å²) < 4.78 is 40.0. The summed E-state index contributed by atoms with van der Waals surface area (Å²) in [4.78, 5) is 16.2. The second-order valence-electron chi connectivity index (χ2n) is 6.37. The third-order valence-corrected chi connectivity index (χ3v) is 5.62. The highest BCUT2D eigenvalue weighted by Crippen LogP contribution is 2.34. The van der Waals surface area contributed by atoms with Crippen LogP contribution in [0.3, 0.4) is 0 Å². The Bertz CT molecular complexity index is 795. The van der Waals surface area contributed by atoms with Crippen molar-refractivity contribution in [3.63, 3.8) is 0 Å². The van der Waals surface area contributed by atoms with Crippen LogP contribution in [0.5, 0.6) is 0 Å². The van der Waals surface area contributed by atoms with Crippen LogP contribution in [0.4, 0.5) is 18.3 Å². The van der Waals surface area contributed by atoms with E-state index >= 15 is 0 Å². The molecule has 2 aromatic rings. The Balaban J connectivity index is 1.43. The molecule has 0 aliphatic carbocycles. The highest BCUT2D eigenvalue weighted by molar-refractivity contribution is 7.15. The molecule has 2 aliphatic rings. The number of halogens is 3. The van der Waals surface area contributed by atoms with E-state index in [9.17, 15) is 18.0 Å². The lowest BCUT2D eigenvalue weighted by molar-refractivity contribution is -0.138. The van der Waals surface area contributed by atoms with Gasteiger partial charge < -0.3 is 9.80 Å². The van der Waals surface area contributed by atoms with Gasteiger partial charge in [0, 0.05) is 38.4 Å². The van der Waals surface area contributed by atoms with Crippen LogP contribution in [0.1, 0.15) is 34.0 Å². The second-order valence-corrected chi connectivity index (χ2v) is 7.32. The maximum absolute atomic E-state index is 12.7. The number of amides is 1. The third kappa shape index (κ3) is 3.27. The van der Waals surface area contributed by atoms with Crippen LogP contribution in [-0.2, 0) is 19.1 Å². The summed E-state index contributed by atoms with van der Waals surface area (Å²) >= 11 is 0.537. The number of alkyl halides is 3. The molecule has 2 aromatic heterocycles. The average Bonchev–Trinajstić information content (AvgIpc) is 3.26. The topological polar surface area (TPSA) is 67.2 Å². The molecule has 4 rings (SSSR count). The molecule has 4 heterocycles. The van der Waals surface area contributed by atoms with Crippen LogP contribution in [0.2, 0.25) is 0 Å². The third-order valence-electron chi connectivity index (χ3n) is 4.60. The highest BCUT2D eigenvalue weighted by atomic mass is 32.1. The first-order valence-corrected chi connectivity index (χ1v) is 9.25. The quantitative estimate of drug-likeness (QED) is 0.790. The van der Waals surface area contributed by atoms with Gasteiger partial charge in [-0.3, -0.25) is 9.48 Å². The first-order valence-electron chi connectivity index (χ1n) is 8.43. The van der Waals surface area contributed by atoms with E-state index in [-0.39, 0.29) is 11.0 Å². The van der Waals surface area contributed by atoms with Crippen LogP contribution < -0.4 is 4.90 Å². The van der Waals surface area contributed by atoms with Crippen LogP contribution >= 0.6 is 11.3 Å². The second kappa shape index (κ2) is 6.53. The molecule has 0 aromatic carbocycles. The maximum atomic E-state index is 12.7. The van der Waals surface area contributed by atoms with Gasteiger partial charge in [-0.1, -0.05) is 11.3 Å². The Labute approximate surface area is 151 Å². The predicted octanol–water partition coefficient (Wildman–Crippen LogP) is 2.05. The minimum Gasteiger partial charge on any atom is -0.345 e. The molecular formula is C15H17F3N6OS. The van der Waals surface area contributed by atoms with Crippen molar-refractivity contribution < 1.29 is 18.0 Å². The fourth-order valence-corrected chi connectivity index (χ4v) is 4.06. The first kappa shape index (κ1) is 17.3. The van der Waals surface area contributed by atoms with Gasteiger partial charge >= 0.3 is 6.18 Å². The van der Waals surface area contributed by atoms with E-state index in [1.54, 1.807) is 9.80 Å². The van der Waals surface area contributed by atoms with Gasteiger partial charge in [-0.2, -0.15) is 18.3 Å². The van der Waals surface area contributed by atoms with E-state index in [1.807, 2.05) is 10.7 Å². The van der Waals surface area contributed by atoms with Crippen LogP contribution in [0.15, 0.2) is 6.07 Å². The van der Waals surface area contributed by atoms with E-state index in [0.29, 0.717) is 49.6 Å². The number of anilines is 1. The molecule has 11 heteroatoms. The minimum absolute atomic E-state index is 0.123. The monoisotopic (exact) mass is 386 g/mol. The normalized spacial score (nSPS) is 18.1. The summed E-state index contributed by atoms with van der Waals surface area (Å²) in [6, 6.07) is 1.85. The molecule has 0 N–H and O–H groups in total. The smallest absolute Gasteiger partial charge is 0.345 e. The average molecular weight is 386 g/mol. The molecule has 0 saturated carbocycles. The Morgan fingerprint density at radius 3 is 2.65 bits per heavy atom. The number of aromatic nitrogens is 4. The molecule has 1 saturated heterocycles. The molecule has 0 bridgehead atoms. The molecule has 0 atom stereocenters. The largest absolute Gasteiger partial charge is 0.445 e. The van der Waals surface area contributed by atoms with Crippen molar-refractivity contribution in [1.29, 1.82) is 0 Å². The summed E-state index contributed by atoms with van der Waals surface area (Å²) in [6.45, 7) is 2.77. The Kier molecular flexibility index (Phi) is 4.33. The zero-order chi connectivity index (χ0) is 18.3. The number of nitrogens with zero attached hydrogens (tertiary/aromatic N) is 6. The van der Waals surface area contributed by atoms with Crippen LogP contribution in [0, 0.1) is 0 Å². The van der Waals surface area contributed by atoms with Crippen molar-refractivity contribution in [3.8, 4) is 0 Å². The van der Waals surface area contributed by atoms with Gasteiger partial charge in [-0.05, 0) is 25.3 Å². The van der Waals surface area contributed by atoms with Crippen molar-refractivity contribution in [2.45, 2.75) is 32.0 Å². The lowest BCUT2D eigenvalue weighted by atomic mass is 10.2. The lowest BCUT2D eigenvalue weighted by Crippen LogP contribution is -2.35. The number of rotatable bonds is 2. The fourth-order valence-electron chi connectivity index (χ4n) is 3.30. The summed E-state index contributed by atoms with van der Waals surface area (Å²) in [5, 5.41) is 10.6. The van der Waals surface area contributed by atoms with E-state index < -0.39 is 11.2 Å². The zero-order valence-corrected chi connectivity index (χ0v) is 14.7. The van der Waals surface area contributed by atoms with Gasteiger partial charge in [0.05, 0.1) is 0 Å². The number of fused-ring (bicyclic) bond motifs is 1. The van der Waals surface area contributed by atoms with Crippen molar-refractivity contribution in [2.24, 2.45) is 0 Å². The number of hydrogen-bond donors (Lipinski definition) is 0. The minimum atomic E-state index is -4.48. The standard InChI is InChI=1S/C15H17F3N6OS/c16-15(17,18)13-19-20-14(26-13)23-5-2-4-22(7-8-23)12(25)11-9-10-3-1-6-24(10)21-11/h9H,1-8H2. The van der Waals surface area contributed by atoms with Crippen LogP contribution in [0.25, 0.3) is 0 Å². The molecule has 0 radical (unpaired) electrons. The van der Waals surface area contributed by atoms with Gasteiger partial charge in [0.2, 0.25) is 10.1 Å². The Morgan fingerprint density at radius 1 is 1.08 bits per heavy atom. The molecule has 140 valence electrons. The summed E-state index contributed by atoms with van der Waals surface area (Å²) in [5.74, 6) is -0.123. The number of aryl methyl sites for hydroxylation is 2. The SMILES string of the molecule is O=C(c1cc2n(n1)CCC2)N1CCCN(c2nnc(C(F)(F)F)s2)CC1. The van der Waals surface area contributed by atoms with Crippen molar-refractivity contribution >= 4 is 22.4 Å². The molecule has 1 amide bonds. The predicted molar refractivity (Wildman–Crippen MR) is 88.2 cm³/mol. The van der Waals surface area contributed by atoms with E-state index in [0.717, 1.165) is 25.1 Å². The van der Waals surface area contributed by atoms with Crippen LogP contribution in [-0.4, -0.2) is 57.0 Å². The summed E-state index contributed by atoms with van der Waals surface area (Å²) in [7, 11) is 0. The molecular weight excluding hydrogens is 369 g/mol. The molecule has 1 fully saturated rings. The number of hydrogen-bond acceptors (Lipinski definition) is 6. The first-order chi connectivity index (χ1) is 12.4. The highest BCUT2D eigenvalue weighted by Gasteiger charge is 2.36. The molecule has 2 aliphatic heterocycles. The molecule has 26 heavy (non-hydrogen) atoms. The van der Waals surface area contributed by atoms with E-state index in [2.05, 4.69) is 15.3 Å². The summed E-state index contributed by atoms with van der Waals surface area (Å²) in [5.41, 5.74) is 1.53. The fraction of sp³-hybridized carbons (Fsp3) is 0.600. The van der Waals surface area contributed by atoms with Gasteiger partial charge in [0.1, 0.15) is 0 Å². The van der Waals surface area contributed by atoms with E-state index in [1.165, 1.54) is 0 Å². The van der Waals surface area contributed by atoms with Crippen molar-refractivity contribution in [3.05, 3.63) is 22.5 Å². The maximum Gasteiger partial charge on any atom is 0.445 e. The number of carbonyl (C=O) groups is 1.